The second-order valence-electron chi connectivity index (χ2n) is 7.00. The molecule has 2 atom stereocenters. The smallest absolute Gasteiger partial charge is 0.223 e. The Morgan fingerprint density at radius 1 is 1.32 bits per heavy atom. The fraction of sp³-hybridized carbons (Fsp3) is 0.611. The SMILES string of the molecule is CC(O)(CC(=O)NCC1CCN(C2CC2)C1)c1ccccc1. The van der Waals surface area contributed by atoms with Crippen molar-refractivity contribution in [3.05, 3.63) is 35.9 Å². The summed E-state index contributed by atoms with van der Waals surface area (Å²) in [5, 5.41) is 13.5. The van der Waals surface area contributed by atoms with Crippen LogP contribution < -0.4 is 5.32 Å². The number of rotatable bonds is 6. The lowest BCUT2D eigenvalue weighted by molar-refractivity contribution is -0.126. The minimum atomic E-state index is -1.11. The van der Waals surface area contributed by atoms with Crippen molar-refractivity contribution < 1.29 is 9.90 Å². The average molecular weight is 302 g/mol. The van der Waals surface area contributed by atoms with Crippen LogP contribution in [-0.2, 0) is 10.4 Å². The van der Waals surface area contributed by atoms with Crippen molar-refractivity contribution in [2.45, 2.75) is 44.2 Å². The van der Waals surface area contributed by atoms with Crippen LogP contribution in [-0.4, -0.2) is 41.6 Å². The van der Waals surface area contributed by atoms with Crippen LogP contribution in [0, 0.1) is 5.92 Å². The normalized spacial score (nSPS) is 24.9. The third-order valence-corrected chi connectivity index (χ3v) is 4.87. The molecule has 0 spiro atoms. The van der Waals surface area contributed by atoms with E-state index >= 15 is 0 Å². The summed E-state index contributed by atoms with van der Waals surface area (Å²) in [6.45, 7) is 4.71. The van der Waals surface area contributed by atoms with Gasteiger partial charge in [0.1, 0.15) is 0 Å². The Morgan fingerprint density at radius 3 is 2.73 bits per heavy atom. The van der Waals surface area contributed by atoms with Crippen LogP contribution >= 0.6 is 0 Å². The Morgan fingerprint density at radius 2 is 2.05 bits per heavy atom. The van der Waals surface area contributed by atoms with Gasteiger partial charge >= 0.3 is 0 Å². The molecule has 120 valence electrons. The summed E-state index contributed by atoms with van der Waals surface area (Å²) >= 11 is 0. The lowest BCUT2D eigenvalue weighted by atomic mass is 9.92. The van der Waals surface area contributed by atoms with Crippen molar-refractivity contribution in [2.75, 3.05) is 19.6 Å². The molecule has 0 radical (unpaired) electrons. The first-order chi connectivity index (χ1) is 10.5. The number of aliphatic hydroxyl groups is 1. The molecular weight excluding hydrogens is 276 g/mol. The molecule has 1 aromatic rings. The van der Waals surface area contributed by atoms with Crippen molar-refractivity contribution in [3.8, 4) is 0 Å². The summed E-state index contributed by atoms with van der Waals surface area (Å²) in [5.41, 5.74) is -0.327. The third kappa shape index (κ3) is 3.87. The highest BCUT2D eigenvalue weighted by Gasteiger charge is 2.34. The molecule has 2 aliphatic rings. The van der Waals surface area contributed by atoms with Gasteiger partial charge in [0.25, 0.3) is 0 Å². The molecule has 1 aliphatic heterocycles. The molecule has 1 aromatic carbocycles. The average Bonchev–Trinajstić information content (AvgIpc) is 3.25. The summed E-state index contributed by atoms with van der Waals surface area (Å²) in [4.78, 5) is 14.7. The van der Waals surface area contributed by atoms with Gasteiger partial charge in [-0.3, -0.25) is 4.79 Å². The maximum Gasteiger partial charge on any atom is 0.223 e. The topological polar surface area (TPSA) is 52.6 Å². The van der Waals surface area contributed by atoms with Gasteiger partial charge in [0, 0.05) is 19.1 Å². The molecule has 0 aromatic heterocycles. The lowest BCUT2D eigenvalue weighted by Crippen LogP contribution is -2.36. The Labute approximate surface area is 132 Å². The van der Waals surface area contributed by atoms with Gasteiger partial charge in [-0.15, -0.1) is 0 Å². The molecule has 1 amide bonds. The summed E-state index contributed by atoms with van der Waals surface area (Å²) < 4.78 is 0. The number of nitrogens with zero attached hydrogens (tertiary/aromatic N) is 1. The van der Waals surface area contributed by atoms with Crippen molar-refractivity contribution in [1.29, 1.82) is 0 Å². The van der Waals surface area contributed by atoms with E-state index < -0.39 is 5.60 Å². The maximum atomic E-state index is 12.1. The van der Waals surface area contributed by atoms with Crippen molar-refractivity contribution >= 4 is 5.91 Å². The van der Waals surface area contributed by atoms with E-state index in [1.165, 1.54) is 25.8 Å². The zero-order chi connectivity index (χ0) is 15.6. The van der Waals surface area contributed by atoms with Crippen LogP contribution in [0.3, 0.4) is 0 Å². The van der Waals surface area contributed by atoms with E-state index in [4.69, 9.17) is 0 Å². The first-order valence-electron chi connectivity index (χ1n) is 8.33. The van der Waals surface area contributed by atoms with E-state index in [0.717, 1.165) is 24.7 Å². The van der Waals surface area contributed by atoms with Crippen molar-refractivity contribution in [3.63, 3.8) is 0 Å². The molecule has 0 bridgehead atoms. The Balaban J connectivity index is 1.44. The van der Waals surface area contributed by atoms with E-state index in [1.807, 2.05) is 30.3 Å². The zero-order valence-electron chi connectivity index (χ0n) is 13.3. The summed E-state index contributed by atoms with van der Waals surface area (Å²) in [5.74, 6) is 0.491. The molecule has 3 rings (SSSR count). The molecule has 1 heterocycles. The van der Waals surface area contributed by atoms with Gasteiger partial charge in [-0.05, 0) is 44.2 Å². The van der Waals surface area contributed by atoms with Gasteiger partial charge in [0.15, 0.2) is 0 Å². The molecule has 4 heteroatoms. The number of carbonyl (C=O) groups excluding carboxylic acids is 1. The highest BCUT2D eigenvalue weighted by Crippen LogP contribution is 2.31. The van der Waals surface area contributed by atoms with Crippen molar-refractivity contribution in [1.82, 2.24) is 10.2 Å². The monoisotopic (exact) mass is 302 g/mol. The minimum absolute atomic E-state index is 0.0706. The fourth-order valence-corrected chi connectivity index (χ4v) is 3.33. The van der Waals surface area contributed by atoms with Gasteiger partial charge in [-0.2, -0.15) is 0 Å². The second kappa shape index (κ2) is 6.39. The first-order valence-corrected chi connectivity index (χ1v) is 8.33. The van der Waals surface area contributed by atoms with E-state index in [9.17, 15) is 9.90 Å². The van der Waals surface area contributed by atoms with Crippen LogP contribution in [0.4, 0.5) is 0 Å². The third-order valence-electron chi connectivity index (χ3n) is 4.87. The van der Waals surface area contributed by atoms with Gasteiger partial charge in [-0.25, -0.2) is 0 Å². The van der Waals surface area contributed by atoms with Crippen LogP contribution in [0.25, 0.3) is 0 Å². The van der Waals surface area contributed by atoms with E-state index in [2.05, 4.69) is 10.2 Å². The molecule has 1 saturated heterocycles. The number of hydrogen-bond acceptors (Lipinski definition) is 3. The van der Waals surface area contributed by atoms with E-state index in [1.54, 1.807) is 6.92 Å². The van der Waals surface area contributed by atoms with Gasteiger partial charge in [0.2, 0.25) is 5.91 Å². The van der Waals surface area contributed by atoms with E-state index in [0.29, 0.717) is 5.92 Å². The highest BCUT2D eigenvalue weighted by molar-refractivity contribution is 5.77. The standard InChI is InChI=1S/C18H26N2O2/c1-18(22,15-5-3-2-4-6-15)11-17(21)19-12-14-9-10-20(13-14)16-7-8-16/h2-6,14,16,22H,7-13H2,1H3,(H,19,21). The van der Waals surface area contributed by atoms with Crippen LogP contribution in [0.1, 0.15) is 38.2 Å². The zero-order valence-corrected chi connectivity index (χ0v) is 13.3. The van der Waals surface area contributed by atoms with E-state index in [-0.39, 0.29) is 12.3 Å². The molecule has 1 aliphatic carbocycles. The fourth-order valence-electron chi connectivity index (χ4n) is 3.33. The summed E-state index contributed by atoms with van der Waals surface area (Å²) in [6, 6.07) is 10.2. The highest BCUT2D eigenvalue weighted by atomic mass is 16.3. The van der Waals surface area contributed by atoms with Gasteiger partial charge in [-0.1, -0.05) is 30.3 Å². The number of nitrogens with one attached hydrogen (secondary N) is 1. The van der Waals surface area contributed by atoms with Crippen LogP contribution in [0.5, 0.6) is 0 Å². The molecule has 22 heavy (non-hydrogen) atoms. The summed E-state index contributed by atoms with van der Waals surface area (Å²) in [7, 11) is 0. The molecule has 2 N–H and O–H groups in total. The summed E-state index contributed by atoms with van der Waals surface area (Å²) in [6.07, 6.45) is 3.97. The predicted octanol–water partition coefficient (Wildman–Crippen LogP) is 1.88. The van der Waals surface area contributed by atoms with Crippen LogP contribution in [0.15, 0.2) is 30.3 Å². The predicted molar refractivity (Wildman–Crippen MR) is 86.3 cm³/mol. The molecule has 4 nitrogen and oxygen atoms in total. The quantitative estimate of drug-likeness (QED) is 0.844. The number of amides is 1. The Kier molecular flexibility index (Phi) is 4.50. The second-order valence-corrected chi connectivity index (χ2v) is 7.00. The molecule has 1 saturated carbocycles. The Bertz CT molecular complexity index is 511. The number of carbonyl (C=O) groups is 1. The van der Waals surface area contributed by atoms with Crippen molar-refractivity contribution in [2.24, 2.45) is 5.92 Å². The molecule has 2 unspecified atom stereocenters. The first kappa shape index (κ1) is 15.5. The largest absolute Gasteiger partial charge is 0.385 e. The lowest BCUT2D eigenvalue weighted by Gasteiger charge is -2.23. The number of benzene rings is 1. The van der Waals surface area contributed by atoms with Gasteiger partial charge < -0.3 is 15.3 Å². The number of hydrogen-bond donors (Lipinski definition) is 2. The minimum Gasteiger partial charge on any atom is -0.385 e. The maximum absolute atomic E-state index is 12.1. The van der Waals surface area contributed by atoms with Gasteiger partial charge in [0.05, 0.1) is 12.0 Å². The van der Waals surface area contributed by atoms with Crippen LogP contribution in [0.2, 0.25) is 0 Å². The number of likely N-dealkylation sites (tertiary alicyclic amines) is 1. The molecular formula is C18H26N2O2. The molecule has 2 fully saturated rings. The Hall–Kier alpha value is -1.39.